The van der Waals surface area contributed by atoms with Gasteiger partial charge in [-0.1, -0.05) is 48.0 Å². The van der Waals surface area contributed by atoms with Crippen LogP contribution in [0.5, 0.6) is 11.5 Å². The number of ether oxygens (including phenoxy) is 2. The van der Waals surface area contributed by atoms with Crippen molar-refractivity contribution in [3.8, 4) is 22.8 Å². The van der Waals surface area contributed by atoms with Crippen LogP contribution in [0.2, 0.25) is 0 Å². The van der Waals surface area contributed by atoms with Crippen molar-refractivity contribution >= 4 is 46.9 Å². The fourth-order valence-electron chi connectivity index (χ4n) is 4.83. The number of fused-ring (bicyclic) bond motifs is 1. The number of aryl methyl sites for hydroxylation is 1. The molecule has 242 valence electrons. The molecule has 1 aliphatic heterocycles. The van der Waals surface area contributed by atoms with E-state index in [1.807, 2.05) is 62.4 Å². The number of hydrogen-bond acceptors (Lipinski definition) is 7. The first-order valence-corrected chi connectivity index (χ1v) is 16.2. The van der Waals surface area contributed by atoms with Crippen LogP contribution in [0.15, 0.2) is 124 Å². The zero-order valence-electron chi connectivity index (χ0n) is 26.3. The predicted octanol–water partition coefficient (Wildman–Crippen LogP) is 7.56. The van der Waals surface area contributed by atoms with E-state index < -0.39 is 17.1 Å². The highest BCUT2D eigenvalue weighted by Crippen LogP contribution is 2.33. The summed E-state index contributed by atoms with van der Waals surface area (Å²) in [5.74, 6) is 1.17. The highest BCUT2D eigenvalue weighted by Gasteiger charge is 2.19. The van der Waals surface area contributed by atoms with Gasteiger partial charge in [0, 0.05) is 39.5 Å². The van der Waals surface area contributed by atoms with E-state index in [-0.39, 0.29) is 11.6 Å². The van der Waals surface area contributed by atoms with E-state index in [2.05, 4.69) is 16.0 Å². The Morgan fingerprint density at radius 2 is 1.48 bits per heavy atom. The summed E-state index contributed by atoms with van der Waals surface area (Å²) in [6.45, 7) is 4.79. The second-order valence-electron chi connectivity index (χ2n) is 11.0. The summed E-state index contributed by atoms with van der Waals surface area (Å²) in [7, 11) is 0. The zero-order valence-corrected chi connectivity index (χ0v) is 27.1. The number of amides is 3. The normalized spacial score (nSPS) is 12.9. The summed E-state index contributed by atoms with van der Waals surface area (Å²) >= 11 is 1.38. The number of rotatable bonds is 10. The molecule has 3 N–H and O–H groups in total. The Bertz CT molecular complexity index is 1950. The summed E-state index contributed by atoms with van der Waals surface area (Å²) in [5, 5.41) is 8.10. The van der Waals surface area contributed by atoms with Gasteiger partial charge in [-0.05, 0) is 74.5 Å². The third kappa shape index (κ3) is 8.15. The number of carbonyl (C=O) groups excluding carboxylic acids is 3. The summed E-state index contributed by atoms with van der Waals surface area (Å²) in [6.07, 6.45) is 1.50. The molecule has 1 atom stereocenters. The monoisotopic (exact) mass is 659 g/mol. The number of benzene rings is 4. The minimum Gasteiger partial charge on any atom is -0.486 e. The van der Waals surface area contributed by atoms with Crippen LogP contribution in [0.4, 0.5) is 11.4 Å². The number of carbonyl (C=O) groups is 3. The lowest BCUT2D eigenvalue weighted by molar-refractivity contribution is -0.115. The van der Waals surface area contributed by atoms with E-state index in [9.17, 15) is 14.4 Å². The van der Waals surface area contributed by atoms with Crippen LogP contribution in [0.25, 0.3) is 17.4 Å². The first-order chi connectivity index (χ1) is 23.3. The highest BCUT2D eigenvalue weighted by molar-refractivity contribution is 8.00. The van der Waals surface area contributed by atoms with E-state index in [1.54, 1.807) is 60.7 Å². The van der Waals surface area contributed by atoms with Gasteiger partial charge in [-0.25, -0.2) is 0 Å². The molecule has 4 aromatic carbocycles. The van der Waals surface area contributed by atoms with Crippen molar-refractivity contribution in [3.63, 3.8) is 0 Å². The summed E-state index contributed by atoms with van der Waals surface area (Å²) < 4.78 is 17.2. The lowest BCUT2D eigenvalue weighted by atomic mass is 10.1. The average molecular weight is 660 g/mol. The van der Waals surface area contributed by atoms with Crippen LogP contribution in [-0.2, 0) is 9.59 Å². The molecule has 0 unspecified atom stereocenters. The molecule has 3 amide bonds. The predicted molar refractivity (Wildman–Crippen MR) is 187 cm³/mol. The van der Waals surface area contributed by atoms with E-state index >= 15 is 0 Å². The van der Waals surface area contributed by atoms with Gasteiger partial charge in [0.05, 0.1) is 5.25 Å². The summed E-state index contributed by atoms with van der Waals surface area (Å²) in [5.41, 5.74) is 3.58. The van der Waals surface area contributed by atoms with Gasteiger partial charge in [-0.2, -0.15) is 0 Å². The Kier molecular flexibility index (Phi) is 9.92. The molecule has 48 heavy (non-hydrogen) atoms. The Labute approximate surface area is 282 Å². The molecule has 0 fully saturated rings. The summed E-state index contributed by atoms with van der Waals surface area (Å²) in [4.78, 5) is 40.3. The first-order valence-electron chi connectivity index (χ1n) is 15.3. The van der Waals surface area contributed by atoms with Gasteiger partial charge in [-0.3, -0.25) is 14.4 Å². The Balaban J connectivity index is 1.12. The highest BCUT2D eigenvalue weighted by atomic mass is 32.2. The Morgan fingerprint density at radius 1 is 0.771 bits per heavy atom. The number of hydrogen-bond donors (Lipinski definition) is 3. The molecule has 0 aliphatic carbocycles. The molecule has 1 aromatic heterocycles. The molecule has 10 heteroatoms. The molecular weight excluding hydrogens is 627 g/mol. The average Bonchev–Trinajstić information content (AvgIpc) is 3.58. The van der Waals surface area contributed by atoms with Crippen molar-refractivity contribution in [1.82, 2.24) is 5.32 Å². The van der Waals surface area contributed by atoms with Crippen LogP contribution in [0.3, 0.4) is 0 Å². The largest absolute Gasteiger partial charge is 0.486 e. The standard InChI is InChI=1S/C38H33N3O6S/c1-24-8-10-26(11-9-24)33-19-15-30(47-33)23-32(41-37(43)27-6-4-3-5-7-27)38(44)39-28-12-16-31(17-13-28)48-25(2)36(42)40-29-14-18-34-35(22-29)46-21-20-45-34/h3-19,22-23,25H,20-21H2,1-2H3,(H,39,44)(H,40,42)(H,41,43)/b32-23-/t25-/m0/s1. The molecule has 0 saturated heterocycles. The minimum absolute atomic E-state index is 0.0107. The second-order valence-corrected chi connectivity index (χ2v) is 12.4. The van der Waals surface area contributed by atoms with E-state index in [1.165, 1.54) is 17.8 Å². The lowest BCUT2D eigenvalue weighted by Crippen LogP contribution is -2.30. The Hall–Kier alpha value is -5.74. The van der Waals surface area contributed by atoms with Gasteiger partial charge < -0.3 is 29.8 Å². The quantitative estimate of drug-likeness (QED) is 0.105. The van der Waals surface area contributed by atoms with Crippen LogP contribution in [0.1, 0.15) is 28.6 Å². The fraction of sp³-hybridized carbons (Fsp3) is 0.132. The van der Waals surface area contributed by atoms with E-state index in [4.69, 9.17) is 13.9 Å². The number of thioether (sulfide) groups is 1. The van der Waals surface area contributed by atoms with Gasteiger partial charge in [-0.15, -0.1) is 11.8 Å². The third-order valence-corrected chi connectivity index (χ3v) is 8.49. The number of anilines is 2. The molecule has 0 saturated carbocycles. The molecular formula is C38H33N3O6S. The van der Waals surface area contributed by atoms with Crippen LogP contribution in [-0.4, -0.2) is 36.2 Å². The van der Waals surface area contributed by atoms with Crippen molar-refractivity contribution in [2.75, 3.05) is 23.8 Å². The van der Waals surface area contributed by atoms with Crippen molar-refractivity contribution in [2.24, 2.45) is 0 Å². The molecule has 0 radical (unpaired) electrons. The maximum Gasteiger partial charge on any atom is 0.272 e. The lowest BCUT2D eigenvalue weighted by Gasteiger charge is -2.19. The summed E-state index contributed by atoms with van der Waals surface area (Å²) in [6, 6.07) is 32.5. The topological polar surface area (TPSA) is 119 Å². The zero-order chi connectivity index (χ0) is 33.5. The maximum atomic E-state index is 13.5. The van der Waals surface area contributed by atoms with Gasteiger partial charge >= 0.3 is 0 Å². The van der Waals surface area contributed by atoms with Gasteiger partial charge in [0.2, 0.25) is 5.91 Å². The van der Waals surface area contributed by atoms with Crippen LogP contribution in [0, 0.1) is 6.92 Å². The molecule has 0 spiro atoms. The van der Waals surface area contributed by atoms with Gasteiger partial charge in [0.25, 0.3) is 11.8 Å². The van der Waals surface area contributed by atoms with Crippen molar-refractivity contribution < 1.29 is 28.3 Å². The molecule has 2 heterocycles. The molecule has 5 aromatic rings. The first kappa shape index (κ1) is 32.2. The van der Waals surface area contributed by atoms with Crippen molar-refractivity contribution in [3.05, 3.63) is 132 Å². The molecule has 6 rings (SSSR count). The van der Waals surface area contributed by atoms with Gasteiger partial charge in [0.15, 0.2) is 11.5 Å². The SMILES string of the molecule is Cc1ccc(-c2ccc(/C=C(\NC(=O)c3ccccc3)C(=O)Nc3ccc(S[C@@H](C)C(=O)Nc4ccc5c(c4)OCCO5)cc3)o2)cc1. The van der Waals surface area contributed by atoms with E-state index in [0.717, 1.165) is 16.0 Å². The molecule has 1 aliphatic rings. The third-order valence-electron chi connectivity index (χ3n) is 7.38. The molecule has 9 nitrogen and oxygen atoms in total. The fourth-order valence-corrected chi connectivity index (χ4v) is 5.69. The van der Waals surface area contributed by atoms with Gasteiger partial charge in [0.1, 0.15) is 30.4 Å². The van der Waals surface area contributed by atoms with Crippen molar-refractivity contribution in [2.45, 2.75) is 24.0 Å². The van der Waals surface area contributed by atoms with Crippen molar-refractivity contribution in [1.29, 1.82) is 0 Å². The second kappa shape index (κ2) is 14.8. The minimum atomic E-state index is -0.528. The number of nitrogens with one attached hydrogen (secondary N) is 3. The smallest absolute Gasteiger partial charge is 0.272 e. The Morgan fingerprint density at radius 3 is 2.23 bits per heavy atom. The van der Waals surface area contributed by atoms with E-state index in [0.29, 0.717) is 53.2 Å². The maximum absolute atomic E-state index is 13.5. The molecule has 0 bridgehead atoms. The number of furan rings is 1. The van der Waals surface area contributed by atoms with Crippen LogP contribution >= 0.6 is 11.8 Å². The van der Waals surface area contributed by atoms with Crippen LogP contribution < -0.4 is 25.4 Å².